The lowest BCUT2D eigenvalue weighted by Crippen LogP contribution is -2.39. The van der Waals surface area contributed by atoms with Crippen molar-refractivity contribution in [1.82, 2.24) is 4.90 Å². The van der Waals surface area contributed by atoms with Crippen molar-refractivity contribution >= 4 is 0 Å². The van der Waals surface area contributed by atoms with Crippen LogP contribution >= 0.6 is 0 Å². The normalized spacial score (nSPS) is 12.9. The van der Waals surface area contributed by atoms with E-state index in [4.69, 9.17) is 0 Å². The zero-order chi connectivity index (χ0) is 14.9. The summed E-state index contributed by atoms with van der Waals surface area (Å²) in [5.74, 6) is 0.439. The van der Waals surface area contributed by atoms with Gasteiger partial charge in [0.25, 0.3) is 6.43 Å². The molecular formula is C16H33F2N. The first-order valence-electron chi connectivity index (χ1n) is 7.77. The van der Waals surface area contributed by atoms with Gasteiger partial charge in [-0.1, -0.05) is 60.3 Å². The van der Waals surface area contributed by atoms with Crippen molar-refractivity contribution in [1.29, 1.82) is 0 Å². The Bertz CT molecular complexity index is 205. The van der Waals surface area contributed by atoms with Gasteiger partial charge in [-0.05, 0) is 17.8 Å². The van der Waals surface area contributed by atoms with Crippen LogP contribution in [0.5, 0.6) is 0 Å². The smallest absolute Gasteiger partial charge is 0.251 e. The fraction of sp³-hybridized carbons (Fsp3) is 1.00. The lowest BCUT2D eigenvalue weighted by molar-refractivity contribution is 0.0592. The second-order valence-electron chi connectivity index (χ2n) is 6.95. The molecule has 0 heterocycles. The molecule has 0 saturated heterocycles. The summed E-state index contributed by atoms with van der Waals surface area (Å²) in [6.45, 7) is 12.3. The van der Waals surface area contributed by atoms with E-state index in [1.54, 1.807) is 0 Å². The van der Waals surface area contributed by atoms with E-state index >= 15 is 0 Å². The third-order valence-corrected chi connectivity index (χ3v) is 3.38. The molecule has 0 atom stereocenters. The minimum absolute atomic E-state index is 0.0867. The molecule has 0 radical (unpaired) electrons. The summed E-state index contributed by atoms with van der Waals surface area (Å²) in [6.07, 6.45) is 3.90. The molecule has 0 rings (SSSR count). The van der Waals surface area contributed by atoms with Crippen molar-refractivity contribution < 1.29 is 8.78 Å². The molecule has 19 heavy (non-hydrogen) atoms. The Balaban J connectivity index is 4.20. The van der Waals surface area contributed by atoms with Crippen LogP contribution in [0.1, 0.15) is 66.7 Å². The number of hydrogen-bond donors (Lipinski definition) is 0. The monoisotopic (exact) mass is 277 g/mol. The Hall–Kier alpha value is -0.180. The van der Waals surface area contributed by atoms with Crippen LogP contribution in [0.2, 0.25) is 0 Å². The molecule has 0 spiro atoms. The predicted molar refractivity (Wildman–Crippen MR) is 79.8 cm³/mol. The SMILES string of the molecule is CCCCCCC(C)(C)CN(CC(C)C)CC(F)F. The highest BCUT2D eigenvalue weighted by Crippen LogP contribution is 2.26. The molecule has 0 aliphatic rings. The van der Waals surface area contributed by atoms with Gasteiger partial charge in [-0.3, -0.25) is 4.90 Å². The zero-order valence-corrected chi connectivity index (χ0v) is 13.5. The summed E-state index contributed by atoms with van der Waals surface area (Å²) in [4.78, 5) is 1.94. The summed E-state index contributed by atoms with van der Waals surface area (Å²) >= 11 is 0. The van der Waals surface area contributed by atoms with Crippen molar-refractivity contribution in [2.24, 2.45) is 11.3 Å². The van der Waals surface area contributed by atoms with Gasteiger partial charge >= 0.3 is 0 Å². The van der Waals surface area contributed by atoms with Crippen LogP contribution in [-0.4, -0.2) is 31.0 Å². The molecule has 0 bridgehead atoms. The highest BCUT2D eigenvalue weighted by Gasteiger charge is 2.23. The minimum Gasteiger partial charge on any atom is -0.297 e. The lowest BCUT2D eigenvalue weighted by Gasteiger charge is -2.33. The topological polar surface area (TPSA) is 3.24 Å². The Kier molecular flexibility index (Phi) is 9.59. The highest BCUT2D eigenvalue weighted by molar-refractivity contribution is 4.75. The van der Waals surface area contributed by atoms with E-state index in [1.807, 2.05) is 4.90 Å². The Morgan fingerprint density at radius 2 is 1.63 bits per heavy atom. The maximum atomic E-state index is 12.6. The molecule has 3 heteroatoms. The fourth-order valence-electron chi connectivity index (χ4n) is 2.63. The Morgan fingerprint density at radius 3 is 2.11 bits per heavy atom. The van der Waals surface area contributed by atoms with E-state index < -0.39 is 6.43 Å². The van der Waals surface area contributed by atoms with E-state index in [0.717, 1.165) is 19.5 Å². The van der Waals surface area contributed by atoms with Crippen LogP contribution in [0.25, 0.3) is 0 Å². The van der Waals surface area contributed by atoms with Crippen LogP contribution in [0.15, 0.2) is 0 Å². The van der Waals surface area contributed by atoms with Crippen LogP contribution < -0.4 is 0 Å². The number of rotatable bonds is 11. The molecule has 116 valence electrons. The van der Waals surface area contributed by atoms with Crippen molar-refractivity contribution in [3.63, 3.8) is 0 Å². The molecule has 0 aliphatic heterocycles. The third kappa shape index (κ3) is 11.4. The summed E-state index contributed by atoms with van der Waals surface area (Å²) in [7, 11) is 0. The molecule has 0 aliphatic carbocycles. The van der Waals surface area contributed by atoms with Crippen LogP contribution in [0.3, 0.4) is 0 Å². The second-order valence-corrected chi connectivity index (χ2v) is 6.95. The quantitative estimate of drug-likeness (QED) is 0.469. The van der Waals surface area contributed by atoms with E-state index in [9.17, 15) is 8.78 Å². The third-order valence-electron chi connectivity index (χ3n) is 3.38. The first-order chi connectivity index (χ1) is 8.76. The summed E-state index contributed by atoms with van der Waals surface area (Å²) in [5.41, 5.74) is 0.136. The largest absolute Gasteiger partial charge is 0.297 e. The van der Waals surface area contributed by atoms with Gasteiger partial charge in [-0.15, -0.1) is 0 Å². The standard InChI is InChI=1S/C16H33F2N/c1-6-7-8-9-10-16(4,5)13-19(11-14(2)3)12-15(17)18/h14-15H,6-13H2,1-5H3. The van der Waals surface area contributed by atoms with Crippen molar-refractivity contribution in [3.05, 3.63) is 0 Å². The average molecular weight is 277 g/mol. The molecule has 0 unspecified atom stereocenters. The van der Waals surface area contributed by atoms with Gasteiger partial charge in [0.1, 0.15) is 0 Å². The highest BCUT2D eigenvalue weighted by atomic mass is 19.3. The molecule has 0 aromatic rings. The molecule has 1 nitrogen and oxygen atoms in total. The molecule has 0 N–H and O–H groups in total. The van der Waals surface area contributed by atoms with E-state index in [1.165, 1.54) is 25.7 Å². The van der Waals surface area contributed by atoms with Gasteiger partial charge in [0.05, 0.1) is 6.54 Å². The van der Waals surface area contributed by atoms with Gasteiger partial charge in [0, 0.05) is 13.1 Å². The van der Waals surface area contributed by atoms with Crippen LogP contribution in [0.4, 0.5) is 8.78 Å². The van der Waals surface area contributed by atoms with Crippen molar-refractivity contribution in [2.45, 2.75) is 73.1 Å². The number of hydrogen-bond acceptors (Lipinski definition) is 1. The summed E-state index contributed by atoms with van der Waals surface area (Å²) in [5, 5.41) is 0. The number of alkyl halides is 2. The van der Waals surface area contributed by atoms with Crippen molar-refractivity contribution in [2.75, 3.05) is 19.6 Å². The molecule has 0 aromatic heterocycles. The molecule has 0 aromatic carbocycles. The summed E-state index contributed by atoms with van der Waals surface area (Å²) < 4.78 is 25.2. The van der Waals surface area contributed by atoms with Gasteiger partial charge in [0.2, 0.25) is 0 Å². The van der Waals surface area contributed by atoms with Gasteiger partial charge < -0.3 is 0 Å². The lowest BCUT2D eigenvalue weighted by atomic mass is 9.86. The number of halogens is 2. The second kappa shape index (κ2) is 9.68. The van der Waals surface area contributed by atoms with E-state index in [2.05, 4.69) is 34.6 Å². The first-order valence-corrected chi connectivity index (χ1v) is 7.77. The van der Waals surface area contributed by atoms with Gasteiger partial charge in [-0.25, -0.2) is 8.78 Å². The molecule has 0 saturated carbocycles. The molecule has 0 fully saturated rings. The predicted octanol–water partition coefficient (Wildman–Crippen LogP) is 5.21. The van der Waals surface area contributed by atoms with E-state index in [0.29, 0.717) is 5.92 Å². The zero-order valence-electron chi connectivity index (χ0n) is 13.5. The fourth-order valence-corrected chi connectivity index (χ4v) is 2.63. The maximum Gasteiger partial charge on any atom is 0.251 e. The van der Waals surface area contributed by atoms with Crippen LogP contribution in [0, 0.1) is 11.3 Å². The van der Waals surface area contributed by atoms with E-state index in [-0.39, 0.29) is 12.0 Å². The Morgan fingerprint density at radius 1 is 1.00 bits per heavy atom. The summed E-state index contributed by atoms with van der Waals surface area (Å²) in [6, 6.07) is 0. The molecular weight excluding hydrogens is 244 g/mol. The average Bonchev–Trinajstić information content (AvgIpc) is 2.21. The van der Waals surface area contributed by atoms with Crippen LogP contribution in [-0.2, 0) is 0 Å². The molecule has 0 amide bonds. The number of nitrogens with zero attached hydrogens (tertiary/aromatic N) is 1. The maximum absolute atomic E-state index is 12.6. The first kappa shape index (κ1) is 18.8. The van der Waals surface area contributed by atoms with Crippen molar-refractivity contribution in [3.8, 4) is 0 Å². The Labute approximate surface area is 118 Å². The van der Waals surface area contributed by atoms with Gasteiger partial charge in [-0.2, -0.15) is 0 Å². The minimum atomic E-state index is -2.23. The number of unbranched alkanes of at least 4 members (excludes halogenated alkanes) is 3. The van der Waals surface area contributed by atoms with Gasteiger partial charge in [0.15, 0.2) is 0 Å².